The molecule has 92 valence electrons. The molecule has 1 aliphatic rings. The molecule has 1 unspecified atom stereocenters. The summed E-state index contributed by atoms with van der Waals surface area (Å²) in [5.74, 6) is 0. The van der Waals surface area contributed by atoms with Crippen LogP contribution in [-0.4, -0.2) is 35.5 Å². The van der Waals surface area contributed by atoms with E-state index in [9.17, 15) is 10.1 Å². The standard InChI is InChI=1S/C12H17N3O2/c1-10-8-14(6-5-13-10)9-11-3-2-4-12(7-11)15(16)17/h2-4,7,10,13H,5-6,8-9H2,1H3. The van der Waals surface area contributed by atoms with Gasteiger partial charge in [0.1, 0.15) is 0 Å². The van der Waals surface area contributed by atoms with E-state index < -0.39 is 0 Å². The quantitative estimate of drug-likeness (QED) is 0.635. The second kappa shape index (κ2) is 5.25. The Morgan fingerprint density at radius 3 is 3.12 bits per heavy atom. The maximum atomic E-state index is 10.7. The highest BCUT2D eigenvalue weighted by molar-refractivity contribution is 5.34. The average molecular weight is 235 g/mol. The van der Waals surface area contributed by atoms with Gasteiger partial charge in [0.2, 0.25) is 0 Å². The van der Waals surface area contributed by atoms with E-state index in [4.69, 9.17) is 0 Å². The first-order valence-electron chi connectivity index (χ1n) is 5.84. The fourth-order valence-electron chi connectivity index (χ4n) is 2.18. The van der Waals surface area contributed by atoms with E-state index in [1.807, 2.05) is 6.07 Å². The van der Waals surface area contributed by atoms with E-state index >= 15 is 0 Å². The molecule has 1 aromatic carbocycles. The third-order valence-electron chi connectivity index (χ3n) is 2.98. The molecule has 0 aromatic heterocycles. The maximum Gasteiger partial charge on any atom is 0.269 e. The minimum absolute atomic E-state index is 0.172. The highest BCUT2D eigenvalue weighted by atomic mass is 16.6. The third-order valence-corrected chi connectivity index (χ3v) is 2.98. The SMILES string of the molecule is CC1CN(Cc2cccc([N+](=O)[O-])c2)CCN1. The summed E-state index contributed by atoms with van der Waals surface area (Å²) >= 11 is 0. The van der Waals surface area contributed by atoms with Crippen molar-refractivity contribution in [1.82, 2.24) is 10.2 Å². The fourth-order valence-corrected chi connectivity index (χ4v) is 2.18. The number of rotatable bonds is 3. The van der Waals surface area contributed by atoms with Crippen LogP contribution in [-0.2, 0) is 6.54 Å². The van der Waals surface area contributed by atoms with E-state index in [1.165, 1.54) is 6.07 Å². The number of hydrogen-bond donors (Lipinski definition) is 1. The summed E-state index contributed by atoms with van der Waals surface area (Å²) in [5.41, 5.74) is 1.18. The smallest absolute Gasteiger partial charge is 0.269 e. The average Bonchev–Trinajstić information content (AvgIpc) is 2.29. The topological polar surface area (TPSA) is 58.4 Å². The highest BCUT2D eigenvalue weighted by Crippen LogP contribution is 2.15. The van der Waals surface area contributed by atoms with Crippen LogP contribution in [0.3, 0.4) is 0 Å². The van der Waals surface area contributed by atoms with Crippen molar-refractivity contribution in [2.45, 2.75) is 19.5 Å². The van der Waals surface area contributed by atoms with Crippen LogP contribution in [0.1, 0.15) is 12.5 Å². The lowest BCUT2D eigenvalue weighted by Crippen LogP contribution is -2.48. The fraction of sp³-hybridized carbons (Fsp3) is 0.500. The van der Waals surface area contributed by atoms with Crippen molar-refractivity contribution >= 4 is 5.69 Å². The lowest BCUT2D eigenvalue weighted by molar-refractivity contribution is -0.384. The Morgan fingerprint density at radius 2 is 2.41 bits per heavy atom. The number of benzene rings is 1. The third kappa shape index (κ3) is 3.25. The highest BCUT2D eigenvalue weighted by Gasteiger charge is 2.16. The van der Waals surface area contributed by atoms with Crippen LogP contribution >= 0.6 is 0 Å². The minimum atomic E-state index is -0.343. The number of non-ortho nitro benzene ring substituents is 1. The van der Waals surface area contributed by atoms with Crippen molar-refractivity contribution in [3.8, 4) is 0 Å². The molecule has 1 aromatic rings. The van der Waals surface area contributed by atoms with Crippen LogP contribution in [0.25, 0.3) is 0 Å². The molecular weight excluding hydrogens is 218 g/mol. The Balaban J connectivity index is 2.02. The van der Waals surface area contributed by atoms with Gasteiger partial charge in [-0.15, -0.1) is 0 Å². The predicted molar refractivity (Wildman–Crippen MR) is 65.8 cm³/mol. The number of hydrogen-bond acceptors (Lipinski definition) is 4. The molecule has 1 atom stereocenters. The van der Waals surface area contributed by atoms with Gasteiger partial charge in [0.25, 0.3) is 5.69 Å². The number of nitro groups is 1. The first kappa shape index (κ1) is 12.0. The molecule has 17 heavy (non-hydrogen) atoms. The van der Waals surface area contributed by atoms with Gasteiger partial charge in [0.05, 0.1) is 4.92 Å². The zero-order valence-corrected chi connectivity index (χ0v) is 9.93. The molecule has 0 aliphatic carbocycles. The number of nitro benzene ring substituents is 1. The molecule has 1 N–H and O–H groups in total. The van der Waals surface area contributed by atoms with Gasteiger partial charge in [-0.1, -0.05) is 12.1 Å². The number of piperazine rings is 1. The van der Waals surface area contributed by atoms with Crippen LogP contribution in [0.5, 0.6) is 0 Å². The lowest BCUT2D eigenvalue weighted by Gasteiger charge is -2.31. The molecule has 1 heterocycles. The first-order chi connectivity index (χ1) is 8.15. The Labute approximate surface area is 101 Å². The van der Waals surface area contributed by atoms with E-state index in [-0.39, 0.29) is 10.6 Å². The van der Waals surface area contributed by atoms with Crippen LogP contribution in [0, 0.1) is 10.1 Å². The van der Waals surface area contributed by atoms with Crippen LogP contribution < -0.4 is 5.32 Å². The zero-order chi connectivity index (χ0) is 12.3. The van der Waals surface area contributed by atoms with E-state index in [1.54, 1.807) is 12.1 Å². The molecule has 0 spiro atoms. The largest absolute Gasteiger partial charge is 0.312 e. The summed E-state index contributed by atoms with van der Waals surface area (Å²) in [7, 11) is 0. The molecule has 0 radical (unpaired) electrons. The van der Waals surface area contributed by atoms with Gasteiger partial charge in [-0.3, -0.25) is 15.0 Å². The molecule has 0 bridgehead atoms. The second-order valence-corrected chi connectivity index (χ2v) is 4.52. The zero-order valence-electron chi connectivity index (χ0n) is 9.93. The summed E-state index contributed by atoms with van der Waals surface area (Å²) in [5, 5.41) is 14.1. The van der Waals surface area contributed by atoms with Gasteiger partial charge in [0, 0.05) is 44.4 Å². The van der Waals surface area contributed by atoms with Gasteiger partial charge in [-0.25, -0.2) is 0 Å². The Bertz CT molecular complexity index is 408. The Hall–Kier alpha value is -1.46. The normalized spacial score (nSPS) is 21.4. The summed E-state index contributed by atoms with van der Waals surface area (Å²) in [6.07, 6.45) is 0. The van der Waals surface area contributed by atoms with Crippen molar-refractivity contribution in [3.63, 3.8) is 0 Å². The molecule has 0 amide bonds. The van der Waals surface area contributed by atoms with Crippen molar-refractivity contribution in [2.24, 2.45) is 0 Å². The summed E-state index contributed by atoms with van der Waals surface area (Å²) in [6.45, 7) is 5.90. The summed E-state index contributed by atoms with van der Waals surface area (Å²) in [4.78, 5) is 12.7. The van der Waals surface area contributed by atoms with Gasteiger partial charge in [-0.2, -0.15) is 0 Å². The summed E-state index contributed by atoms with van der Waals surface area (Å²) in [6, 6.07) is 7.37. The van der Waals surface area contributed by atoms with Crippen molar-refractivity contribution in [1.29, 1.82) is 0 Å². The predicted octanol–water partition coefficient (Wildman–Crippen LogP) is 1.39. The number of nitrogens with zero attached hydrogens (tertiary/aromatic N) is 2. The number of nitrogens with one attached hydrogen (secondary N) is 1. The van der Waals surface area contributed by atoms with E-state index in [0.29, 0.717) is 6.04 Å². The second-order valence-electron chi connectivity index (χ2n) is 4.52. The van der Waals surface area contributed by atoms with Crippen molar-refractivity contribution in [2.75, 3.05) is 19.6 Å². The van der Waals surface area contributed by atoms with Crippen LogP contribution in [0.2, 0.25) is 0 Å². The maximum absolute atomic E-state index is 10.7. The lowest BCUT2D eigenvalue weighted by atomic mass is 10.1. The van der Waals surface area contributed by atoms with Crippen LogP contribution in [0.15, 0.2) is 24.3 Å². The van der Waals surface area contributed by atoms with Crippen molar-refractivity contribution in [3.05, 3.63) is 39.9 Å². The molecule has 0 saturated carbocycles. The van der Waals surface area contributed by atoms with Crippen LogP contribution in [0.4, 0.5) is 5.69 Å². The summed E-state index contributed by atoms with van der Waals surface area (Å²) < 4.78 is 0. The van der Waals surface area contributed by atoms with Gasteiger partial charge >= 0.3 is 0 Å². The van der Waals surface area contributed by atoms with Gasteiger partial charge < -0.3 is 5.32 Å². The molecule has 2 rings (SSSR count). The molecule has 1 saturated heterocycles. The molecule has 1 aliphatic heterocycles. The molecule has 5 heteroatoms. The van der Waals surface area contributed by atoms with E-state index in [2.05, 4.69) is 17.1 Å². The van der Waals surface area contributed by atoms with E-state index in [0.717, 1.165) is 31.7 Å². The van der Waals surface area contributed by atoms with Gasteiger partial charge in [0.15, 0.2) is 0 Å². The minimum Gasteiger partial charge on any atom is -0.312 e. The molecule has 1 fully saturated rings. The molecule has 5 nitrogen and oxygen atoms in total. The Morgan fingerprint density at radius 1 is 1.59 bits per heavy atom. The Kier molecular flexibility index (Phi) is 3.71. The molecular formula is C12H17N3O2. The first-order valence-corrected chi connectivity index (χ1v) is 5.84. The monoisotopic (exact) mass is 235 g/mol. The van der Waals surface area contributed by atoms with Gasteiger partial charge in [-0.05, 0) is 12.5 Å². The van der Waals surface area contributed by atoms with Crippen molar-refractivity contribution < 1.29 is 4.92 Å².